The van der Waals surface area contributed by atoms with Crippen LogP contribution in [-0.4, -0.2) is 63.0 Å². The summed E-state index contributed by atoms with van der Waals surface area (Å²) in [5.41, 5.74) is -0.729. The van der Waals surface area contributed by atoms with Gasteiger partial charge >= 0.3 is 12.1 Å². The molecule has 0 saturated carbocycles. The van der Waals surface area contributed by atoms with Crippen molar-refractivity contribution in [1.29, 1.82) is 0 Å². The summed E-state index contributed by atoms with van der Waals surface area (Å²) in [5, 5.41) is 0. The van der Waals surface area contributed by atoms with Crippen molar-refractivity contribution in [2.75, 3.05) is 19.9 Å². The predicted octanol–water partition coefficient (Wildman–Crippen LogP) is 1.54. The first kappa shape index (κ1) is 21.6. The van der Waals surface area contributed by atoms with Crippen LogP contribution in [0.2, 0.25) is 0 Å². The van der Waals surface area contributed by atoms with Gasteiger partial charge in [-0.15, -0.1) is 0 Å². The van der Waals surface area contributed by atoms with E-state index in [2.05, 4.69) is 4.74 Å². The first-order valence-corrected chi connectivity index (χ1v) is 9.20. The van der Waals surface area contributed by atoms with Gasteiger partial charge in [0.15, 0.2) is 0 Å². The summed E-state index contributed by atoms with van der Waals surface area (Å²) in [6.07, 6.45) is -0.552. The quantitative estimate of drug-likeness (QED) is 0.560. The molecular formula is C14H27NO7S. The Morgan fingerprint density at radius 3 is 2.09 bits per heavy atom. The smallest absolute Gasteiger partial charge is 0.411 e. The minimum Gasteiger partial charge on any atom is -0.467 e. The van der Waals surface area contributed by atoms with Crippen LogP contribution in [0.5, 0.6) is 0 Å². The standard InChI is InChI=1S/C12H21NO7S.C2H6/c1-12(2,3)19-11(15)13-7-8(20-21(5,16)17)6-9(13)10(14)18-4;1-2/h8-9H,6-7H2,1-5H3;1-2H3/t8-,9+;/m1./s1. The second-order valence-corrected chi connectivity index (χ2v) is 7.43. The SMILES string of the molecule is CC.COC(=O)[C@@H]1C[C@@H](OS(C)(=O)=O)CN1C(=O)OC(C)(C)C. The molecule has 0 bridgehead atoms. The molecule has 1 saturated heterocycles. The number of carbonyl (C=O) groups is 2. The molecule has 0 spiro atoms. The zero-order chi connectivity index (χ0) is 18.4. The summed E-state index contributed by atoms with van der Waals surface area (Å²) < 4.78 is 37.0. The lowest BCUT2D eigenvalue weighted by molar-refractivity contribution is -0.145. The average molecular weight is 353 g/mol. The second-order valence-electron chi connectivity index (χ2n) is 5.83. The summed E-state index contributed by atoms with van der Waals surface area (Å²) in [6, 6.07) is -0.920. The zero-order valence-electron chi connectivity index (χ0n) is 14.8. The molecule has 1 rings (SSSR count). The van der Waals surface area contributed by atoms with E-state index in [4.69, 9.17) is 8.92 Å². The number of hydrogen-bond acceptors (Lipinski definition) is 7. The Kier molecular flexibility index (Phi) is 7.99. The van der Waals surface area contributed by atoms with Crippen molar-refractivity contribution in [3.8, 4) is 0 Å². The van der Waals surface area contributed by atoms with Gasteiger partial charge in [-0.2, -0.15) is 8.42 Å². The fourth-order valence-electron chi connectivity index (χ4n) is 2.00. The Hall–Kier alpha value is -1.35. The van der Waals surface area contributed by atoms with E-state index < -0.39 is 39.9 Å². The van der Waals surface area contributed by atoms with Gasteiger partial charge in [-0.25, -0.2) is 9.59 Å². The van der Waals surface area contributed by atoms with E-state index in [0.717, 1.165) is 11.2 Å². The monoisotopic (exact) mass is 353 g/mol. The zero-order valence-corrected chi connectivity index (χ0v) is 15.6. The van der Waals surface area contributed by atoms with Crippen LogP contribution in [0.3, 0.4) is 0 Å². The Balaban J connectivity index is 0.00000232. The van der Waals surface area contributed by atoms with Crippen LogP contribution in [0.25, 0.3) is 0 Å². The van der Waals surface area contributed by atoms with Crippen LogP contribution in [-0.2, 0) is 28.6 Å². The molecule has 0 aromatic carbocycles. The van der Waals surface area contributed by atoms with E-state index in [1.165, 1.54) is 7.11 Å². The van der Waals surface area contributed by atoms with Gasteiger partial charge < -0.3 is 9.47 Å². The molecule has 2 atom stereocenters. The maximum absolute atomic E-state index is 12.1. The number of amides is 1. The molecule has 1 amide bonds. The first-order chi connectivity index (χ1) is 10.4. The Morgan fingerprint density at radius 2 is 1.70 bits per heavy atom. The van der Waals surface area contributed by atoms with Crippen molar-refractivity contribution in [3.05, 3.63) is 0 Å². The van der Waals surface area contributed by atoms with E-state index in [1.807, 2.05) is 13.8 Å². The van der Waals surface area contributed by atoms with Gasteiger partial charge in [-0.1, -0.05) is 13.8 Å². The molecule has 8 nitrogen and oxygen atoms in total. The summed E-state index contributed by atoms with van der Waals surface area (Å²) in [5.74, 6) is -0.638. The lowest BCUT2D eigenvalue weighted by Gasteiger charge is -2.27. The molecule has 136 valence electrons. The molecule has 0 N–H and O–H groups in total. The van der Waals surface area contributed by atoms with Crippen LogP contribution in [0.15, 0.2) is 0 Å². The van der Waals surface area contributed by atoms with Gasteiger partial charge in [-0.3, -0.25) is 9.08 Å². The molecular weight excluding hydrogens is 326 g/mol. The molecule has 9 heteroatoms. The molecule has 0 unspecified atom stereocenters. The van der Waals surface area contributed by atoms with Gasteiger partial charge in [0.2, 0.25) is 0 Å². The van der Waals surface area contributed by atoms with Gasteiger partial charge in [-0.05, 0) is 20.8 Å². The average Bonchev–Trinajstić information content (AvgIpc) is 2.80. The topological polar surface area (TPSA) is 99.2 Å². The minimum atomic E-state index is -3.68. The van der Waals surface area contributed by atoms with Crippen LogP contribution >= 0.6 is 0 Å². The first-order valence-electron chi connectivity index (χ1n) is 7.38. The van der Waals surface area contributed by atoms with Crippen LogP contribution in [0.1, 0.15) is 41.0 Å². The van der Waals surface area contributed by atoms with Crippen molar-refractivity contribution in [2.45, 2.75) is 58.8 Å². The number of nitrogens with zero attached hydrogens (tertiary/aromatic N) is 1. The van der Waals surface area contributed by atoms with E-state index in [0.29, 0.717) is 0 Å². The number of hydrogen-bond donors (Lipinski definition) is 0. The molecule has 1 fully saturated rings. The summed E-state index contributed by atoms with van der Waals surface area (Å²) in [6.45, 7) is 9.03. The van der Waals surface area contributed by atoms with Crippen molar-refractivity contribution in [2.24, 2.45) is 0 Å². The fraction of sp³-hybridized carbons (Fsp3) is 0.857. The molecule has 1 aliphatic rings. The number of esters is 1. The van der Waals surface area contributed by atoms with Gasteiger partial charge in [0, 0.05) is 6.42 Å². The third kappa shape index (κ3) is 7.65. The normalized spacial score (nSPS) is 21.3. The van der Waals surface area contributed by atoms with E-state index in [1.54, 1.807) is 20.8 Å². The largest absolute Gasteiger partial charge is 0.467 e. The summed E-state index contributed by atoms with van der Waals surface area (Å²) >= 11 is 0. The van der Waals surface area contributed by atoms with Crippen LogP contribution < -0.4 is 0 Å². The van der Waals surface area contributed by atoms with Gasteiger partial charge in [0.05, 0.1) is 26.0 Å². The highest BCUT2D eigenvalue weighted by Crippen LogP contribution is 2.25. The Morgan fingerprint density at radius 1 is 1.17 bits per heavy atom. The minimum absolute atomic E-state index is 0.0407. The third-order valence-electron chi connectivity index (χ3n) is 2.67. The van der Waals surface area contributed by atoms with Crippen molar-refractivity contribution in [1.82, 2.24) is 4.90 Å². The Labute approximate surface area is 138 Å². The fourth-order valence-corrected chi connectivity index (χ4v) is 2.63. The van der Waals surface area contributed by atoms with E-state index >= 15 is 0 Å². The maximum atomic E-state index is 12.1. The number of ether oxygens (including phenoxy) is 2. The van der Waals surface area contributed by atoms with Crippen LogP contribution in [0, 0.1) is 0 Å². The van der Waals surface area contributed by atoms with Crippen LogP contribution in [0.4, 0.5) is 4.79 Å². The van der Waals surface area contributed by atoms with E-state index in [9.17, 15) is 18.0 Å². The lowest BCUT2D eigenvalue weighted by atomic mass is 10.2. The second kappa shape index (κ2) is 8.49. The third-order valence-corrected chi connectivity index (χ3v) is 3.30. The van der Waals surface area contributed by atoms with Gasteiger partial charge in [0.1, 0.15) is 11.6 Å². The number of carbonyl (C=O) groups excluding carboxylic acids is 2. The molecule has 1 aliphatic heterocycles. The van der Waals surface area contributed by atoms with Gasteiger partial charge in [0.25, 0.3) is 10.1 Å². The number of likely N-dealkylation sites (tertiary alicyclic amines) is 1. The number of methoxy groups -OCH3 is 1. The maximum Gasteiger partial charge on any atom is 0.411 e. The molecule has 0 aromatic rings. The molecule has 1 heterocycles. The molecule has 0 aromatic heterocycles. The highest BCUT2D eigenvalue weighted by Gasteiger charge is 2.43. The Bertz CT molecular complexity index is 510. The molecule has 0 aliphatic carbocycles. The molecule has 0 radical (unpaired) electrons. The summed E-state index contributed by atoms with van der Waals surface area (Å²) in [7, 11) is -2.48. The highest BCUT2D eigenvalue weighted by molar-refractivity contribution is 7.86. The van der Waals surface area contributed by atoms with E-state index in [-0.39, 0.29) is 13.0 Å². The predicted molar refractivity (Wildman–Crippen MR) is 84.4 cm³/mol. The highest BCUT2D eigenvalue weighted by atomic mass is 32.2. The lowest BCUT2D eigenvalue weighted by Crippen LogP contribution is -2.44. The van der Waals surface area contributed by atoms with Crippen molar-refractivity contribution >= 4 is 22.2 Å². The van der Waals surface area contributed by atoms with Crippen molar-refractivity contribution < 1.29 is 31.7 Å². The summed E-state index contributed by atoms with van der Waals surface area (Å²) in [4.78, 5) is 25.0. The number of rotatable bonds is 3. The molecule has 23 heavy (non-hydrogen) atoms. The van der Waals surface area contributed by atoms with Crippen molar-refractivity contribution in [3.63, 3.8) is 0 Å².